The first-order valence-corrected chi connectivity index (χ1v) is 10.1. The van der Waals surface area contributed by atoms with E-state index in [9.17, 15) is 4.39 Å². The lowest BCUT2D eigenvalue weighted by Gasteiger charge is -2.48. The van der Waals surface area contributed by atoms with Crippen molar-refractivity contribution in [3.05, 3.63) is 53.7 Å². The van der Waals surface area contributed by atoms with Crippen LogP contribution in [-0.2, 0) is 13.0 Å². The maximum Gasteiger partial charge on any atom is 0.232 e. The summed E-state index contributed by atoms with van der Waals surface area (Å²) in [6.07, 6.45) is 3.70. The molecule has 5 rings (SSSR count). The third-order valence-corrected chi connectivity index (χ3v) is 5.87. The van der Waals surface area contributed by atoms with Crippen LogP contribution >= 0.6 is 0 Å². The summed E-state index contributed by atoms with van der Waals surface area (Å²) in [4.78, 5) is 8.89. The number of hydrogen-bond donors (Lipinski definition) is 1. The van der Waals surface area contributed by atoms with Crippen molar-refractivity contribution in [2.45, 2.75) is 25.4 Å². The molecule has 1 fully saturated rings. The van der Waals surface area contributed by atoms with Crippen molar-refractivity contribution in [2.24, 2.45) is 5.73 Å². The number of benzene rings is 1. The lowest BCUT2D eigenvalue weighted by atomic mass is 9.97. The number of fused-ring (bicyclic) bond motifs is 1. The highest BCUT2D eigenvalue weighted by Crippen LogP contribution is 2.33. The summed E-state index contributed by atoms with van der Waals surface area (Å²) in [5, 5.41) is 8.67. The molecule has 0 bridgehead atoms. The zero-order valence-corrected chi connectivity index (χ0v) is 16.8. The fourth-order valence-corrected chi connectivity index (χ4v) is 4.32. The summed E-state index contributed by atoms with van der Waals surface area (Å²) < 4.78 is 20.7. The van der Waals surface area contributed by atoms with Gasteiger partial charge < -0.3 is 20.3 Å². The first-order valence-electron chi connectivity index (χ1n) is 10.1. The number of nitrogens with two attached hydrogens (primary N) is 1. The van der Waals surface area contributed by atoms with E-state index in [1.807, 2.05) is 22.8 Å². The second-order valence-corrected chi connectivity index (χ2v) is 7.64. The molecule has 2 aliphatic rings. The van der Waals surface area contributed by atoms with Gasteiger partial charge in [0.15, 0.2) is 5.82 Å². The average Bonchev–Trinajstić information content (AvgIpc) is 3.16. The highest BCUT2D eigenvalue weighted by Gasteiger charge is 2.37. The van der Waals surface area contributed by atoms with Crippen molar-refractivity contribution in [2.75, 3.05) is 36.5 Å². The molecule has 2 aromatic heterocycles. The number of ether oxygens (including phenoxy) is 1. The van der Waals surface area contributed by atoms with Gasteiger partial charge in [-0.3, -0.25) is 4.57 Å². The molecule has 156 valence electrons. The monoisotopic (exact) mass is 409 g/mol. The molecule has 1 saturated heterocycles. The van der Waals surface area contributed by atoms with E-state index in [1.54, 1.807) is 25.4 Å². The van der Waals surface area contributed by atoms with Crippen LogP contribution in [0.1, 0.15) is 17.8 Å². The Kier molecular flexibility index (Phi) is 4.74. The Morgan fingerprint density at radius 1 is 1.20 bits per heavy atom. The van der Waals surface area contributed by atoms with Crippen LogP contribution in [0.2, 0.25) is 0 Å². The Labute approximate surface area is 174 Å². The molecule has 30 heavy (non-hydrogen) atoms. The van der Waals surface area contributed by atoms with E-state index in [0.717, 1.165) is 55.4 Å². The molecular weight excluding hydrogens is 385 g/mol. The molecule has 0 spiro atoms. The van der Waals surface area contributed by atoms with Crippen LogP contribution < -0.4 is 20.3 Å². The van der Waals surface area contributed by atoms with Gasteiger partial charge in [0.25, 0.3) is 0 Å². The molecule has 0 radical (unpaired) electrons. The summed E-state index contributed by atoms with van der Waals surface area (Å²) in [7, 11) is 1.59. The molecule has 0 unspecified atom stereocenters. The molecule has 3 aromatic rings. The maximum atomic E-state index is 13.6. The predicted octanol–water partition coefficient (Wildman–Crippen LogP) is 1.91. The van der Waals surface area contributed by atoms with Gasteiger partial charge in [-0.1, -0.05) is 0 Å². The number of anilines is 2. The molecule has 1 aromatic carbocycles. The van der Waals surface area contributed by atoms with Gasteiger partial charge in [0, 0.05) is 31.4 Å². The Morgan fingerprint density at radius 2 is 2.07 bits per heavy atom. The van der Waals surface area contributed by atoms with Gasteiger partial charge in [0.1, 0.15) is 5.82 Å². The van der Waals surface area contributed by atoms with Crippen LogP contribution in [0.5, 0.6) is 5.88 Å². The minimum absolute atomic E-state index is 0.165. The molecule has 0 saturated carbocycles. The normalized spacial score (nSPS) is 16.4. The molecule has 0 atom stereocenters. The van der Waals surface area contributed by atoms with Gasteiger partial charge in [-0.2, -0.15) is 0 Å². The SMILES string of the molecule is COc1ccc(-n2c(CN)nnc2N2CC(N3CCCc4cc(F)ccc43)C2)cn1. The Bertz CT molecular complexity index is 1050. The van der Waals surface area contributed by atoms with Gasteiger partial charge in [-0.15, -0.1) is 10.2 Å². The van der Waals surface area contributed by atoms with Crippen LogP contribution in [0.3, 0.4) is 0 Å². The number of pyridine rings is 1. The van der Waals surface area contributed by atoms with Gasteiger partial charge >= 0.3 is 0 Å². The average molecular weight is 409 g/mol. The highest BCUT2D eigenvalue weighted by molar-refractivity contribution is 5.59. The number of aromatic nitrogens is 4. The van der Waals surface area contributed by atoms with Crippen LogP contribution in [-0.4, -0.2) is 52.5 Å². The van der Waals surface area contributed by atoms with E-state index in [-0.39, 0.29) is 12.4 Å². The summed E-state index contributed by atoms with van der Waals surface area (Å²) in [6.45, 7) is 2.91. The Balaban J connectivity index is 1.38. The predicted molar refractivity (Wildman–Crippen MR) is 112 cm³/mol. The Morgan fingerprint density at radius 3 is 2.80 bits per heavy atom. The van der Waals surface area contributed by atoms with E-state index in [0.29, 0.717) is 17.7 Å². The quantitative estimate of drug-likeness (QED) is 0.689. The molecule has 0 amide bonds. The zero-order chi connectivity index (χ0) is 20.7. The molecule has 4 heterocycles. The number of aryl methyl sites for hydroxylation is 1. The van der Waals surface area contributed by atoms with Gasteiger partial charge in [-0.25, -0.2) is 9.37 Å². The summed E-state index contributed by atoms with van der Waals surface area (Å²) in [5.74, 6) is 1.82. The number of halogens is 1. The number of methoxy groups -OCH3 is 1. The lowest BCUT2D eigenvalue weighted by molar-refractivity contribution is 0.397. The second kappa shape index (κ2) is 7.56. The lowest BCUT2D eigenvalue weighted by Crippen LogP contribution is -2.61. The molecule has 0 aliphatic carbocycles. The van der Waals surface area contributed by atoms with Gasteiger partial charge in [0.2, 0.25) is 11.8 Å². The van der Waals surface area contributed by atoms with E-state index < -0.39 is 0 Å². The number of hydrogen-bond acceptors (Lipinski definition) is 7. The van der Waals surface area contributed by atoms with Crippen LogP contribution in [0.4, 0.5) is 16.0 Å². The van der Waals surface area contributed by atoms with E-state index in [4.69, 9.17) is 10.5 Å². The highest BCUT2D eigenvalue weighted by atomic mass is 19.1. The largest absolute Gasteiger partial charge is 0.481 e. The van der Waals surface area contributed by atoms with Crippen molar-refractivity contribution in [3.8, 4) is 11.6 Å². The van der Waals surface area contributed by atoms with Gasteiger partial charge in [0.05, 0.1) is 31.6 Å². The molecule has 2 N–H and O–H groups in total. The van der Waals surface area contributed by atoms with E-state index in [2.05, 4.69) is 25.0 Å². The molecule has 9 heteroatoms. The Hall–Kier alpha value is -3.20. The minimum Gasteiger partial charge on any atom is -0.481 e. The minimum atomic E-state index is -0.165. The van der Waals surface area contributed by atoms with Crippen LogP contribution in [0.25, 0.3) is 5.69 Å². The first-order chi connectivity index (χ1) is 14.7. The molecule has 8 nitrogen and oxygen atoms in total. The number of rotatable bonds is 5. The number of nitrogens with zero attached hydrogens (tertiary/aromatic N) is 6. The second-order valence-electron chi connectivity index (χ2n) is 7.64. The van der Waals surface area contributed by atoms with Crippen molar-refractivity contribution >= 4 is 11.6 Å². The summed E-state index contributed by atoms with van der Waals surface area (Å²) >= 11 is 0. The van der Waals surface area contributed by atoms with Gasteiger partial charge in [-0.05, 0) is 42.7 Å². The third-order valence-electron chi connectivity index (χ3n) is 5.87. The fraction of sp³-hybridized carbons (Fsp3) is 0.381. The third kappa shape index (κ3) is 3.15. The molecule has 2 aliphatic heterocycles. The topological polar surface area (TPSA) is 85.3 Å². The first kappa shape index (κ1) is 18.8. The van der Waals surface area contributed by atoms with Crippen molar-refractivity contribution < 1.29 is 9.13 Å². The van der Waals surface area contributed by atoms with Crippen molar-refractivity contribution in [1.29, 1.82) is 0 Å². The summed E-state index contributed by atoms with van der Waals surface area (Å²) in [5.41, 5.74) is 8.99. The van der Waals surface area contributed by atoms with E-state index in [1.165, 1.54) is 0 Å². The molecular formula is C21H24FN7O. The maximum absolute atomic E-state index is 13.6. The smallest absolute Gasteiger partial charge is 0.232 e. The van der Waals surface area contributed by atoms with Crippen molar-refractivity contribution in [1.82, 2.24) is 19.7 Å². The standard InChI is InChI=1S/C21H24FN7O/c1-30-20-7-5-16(11-24-20)29-19(10-23)25-26-21(29)27-12-17(13-27)28-8-2-3-14-9-15(22)4-6-18(14)28/h4-7,9,11,17H,2-3,8,10,12-13,23H2,1H3. The van der Waals surface area contributed by atoms with Crippen LogP contribution in [0.15, 0.2) is 36.5 Å². The zero-order valence-electron chi connectivity index (χ0n) is 16.8. The fourth-order valence-electron chi connectivity index (χ4n) is 4.32. The summed E-state index contributed by atoms with van der Waals surface area (Å²) in [6, 6.07) is 9.21. The van der Waals surface area contributed by atoms with E-state index >= 15 is 0 Å². The van der Waals surface area contributed by atoms with Crippen LogP contribution in [0, 0.1) is 5.82 Å². The van der Waals surface area contributed by atoms with Crippen molar-refractivity contribution in [3.63, 3.8) is 0 Å².